The Hall–Kier alpha value is -1.42. The Morgan fingerprint density at radius 3 is 2.58 bits per heavy atom. The molecule has 1 amide bonds. The van der Waals surface area contributed by atoms with Crippen molar-refractivity contribution in [2.75, 3.05) is 0 Å². The molecule has 0 aromatic heterocycles. The summed E-state index contributed by atoms with van der Waals surface area (Å²) in [5.74, 6) is -0.944. The van der Waals surface area contributed by atoms with E-state index in [1.807, 2.05) is 0 Å². The average molecular weight is 317 g/mol. The molecule has 0 aliphatic carbocycles. The summed E-state index contributed by atoms with van der Waals surface area (Å²) in [6.45, 7) is 0. The molecule has 0 saturated carbocycles. The third-order valence-corrected chi connectivity index (χ3v) is 4.25. The van der Waals surface area contributed by atoms with E-state index in [9.17, 15) is 18.3 Å². The van der Waals surface area contributed by atoms with Gasteiger partial charge in [0.05, 0.1) is 4.91 Å². The van der Waals surface area contributed by atoms with E-state index in [0.717, 1.165) is 23.9 Å². The molecule has 1 saturated heterocycles. The first-order chi connectivity index (χ1) is 8.77. The summed E-state index contributed by atoms with van der Waals surface area (Å²) in [5.41, 5.74) is 0.341. The van der Waals surface area contributed by atoms with Crippen LogP contribution in [0.25, 0.3) is 6.08 Å². The minimum Gasteiger partial charge on any atom is -0.506 e. The highest BCUT2D eigenvalue weighted by molar-refractivity contribution is 8.26. The van der Waals surface area contributed by atoms with E-state index in [4.69, 9.17) is 16.8 Å². The Labute approximate surface area is 118 Å². The summed E-state index contributed by atoms with van der Waals surface area (Å²) in [7, 11) is -4.53. The van der Waals surface area contributed by atoms with E-state index in [-0.39, 0.29) is 5.91 Å². The smallest absolute Gasteiger partial charge is 0.298 e. The molecular formula is C10H7NO5S3. The van der Waals surface area contributed by atoms with Gasteiger partial charge in [0.25, 0.3) is 16.0 Å². The van der Waals surface area contributed by atoms with Gasteiger partial charge in [-0.05, 0) is 23.8 Å². The van der Waals surface area contributed by atoms with Crippen LogP contribution in [-0.2, 0) is 14.9 Å². The molecule has 6 nitrogen and oxygen atoms in total. The predicted octanol–water partition coefficient (Wildman–Crippen LogP) is 1.13. The van der Waals surface area contributed by atoms with Gasteiger partial charge in [-0.3, -0.25) is 9.35 Å². The maximum Gasteiger partial charge on any atom is 0.298 e. The first-order valence-corrected chi connectivity index (χ1v) is 7.49. The summed E-state index contributed by atoms with van der Waals surface area (Å²) >= 11 is 5.85. The molecular weight excluding hydrogens is 310 g/mol. The van der Waals surface area contributed by atoms with Gasteiger partial charge in [0.2, 0.25) is 0 Å². The molecule has 0 radical (unpaired) electrons. The predicted molar refractivity (Wildman–Crippen MR) is 74.2 cm³/mol. The van der Waals surface area contributed by atoms with Crippen molar-refractivity contribution in [1.82, 2.24) is 5.32 Å². The number of phenols is 1. The number of amides is 1. The van der Waals surface area contributed by atoms with E-state index in [0.29, 0.717) is 14.8 Å². The molecule has 1 fully saturated rings. The van der Waals surface area contributed by atoms with Crippen LogP contribution in [0.4, 0.5) is 0 Å². The van der Waals surface area contributed by atoms with Crippen molar-refractivity contribution in [2.24, 2.45) is 0 Å². The lowest BCUT2D eigenvalue weighted by atomic mass is 10.2. The van der Waals surface area contributed by atoms with Crippen LogP contribution >= 0.6 is 24.0 Å². The largest absolute Gasteiger partial charge is 0.506 e. The molecule has 1 aromatic rings. The summed E-state index contributed by atoms with van der Waals surface area (Å²) in [4.78, 5) is 11.1. The molecule has 100 valence electrons. The Balaban J connectivity index is 2.46. The second kappa shape index (κ2) is 4.93. The highest BCUT2D eigenvalue weighted by Crippen LogP contribution is 2.28. The van der Waals surface area contributed by atoms with Crippen LogP contribution in [-0.4, -0.2) is 28.3 Å². The van der Waals surface area contributed by atoms with E-state index in [1.165, 1.54) is 12.1 Å². The number of hydrogen-bond donors (Lipinski definition) is 3. The Bertz CT molecular complexity index is 708. The van der Waals surface area contributed by atoms with Gasteiger partial charge >= 0.3 is 0 Å². The van der Waals surface area contributed by atoms with Crippen LogP contribution < -0.4 is 5.32 Å². The lowest BCUT2D eigenvalue weighted by molar-refractivity contribution is -0.115. The molecule has 0 atom stereocenters. The van der Waals surface area contributed by atoms with Gasteiger partial charge in [-0.1, -0.05) is 30.0 Å². The van der Waals surface area contributed by atoms with Gasteiger partial charge in [-0.15, -0.1) is 0 Å². The molecule has 1 aliphatic rings. The minimum absolute atomic E-state index is 0.303. The standard InChI is InChI=1S/C10H7NO5S3/c12-6-2-1-5(4-8(6)19(14,15)16)3-7-9(13)11-10(17)18-7/h1-4,12H,(H,11,13,17)(H,14,15,16). The first kappa shape index (κ1) is 14.0. The monoisotopic (exact) mass is 317 g/mol. The molecule has 0 spiro atoms. The fourth-order valence-electron chi connectivity index (χ4n) is 1.40. The zero-order valence-corrected chi connectivity index (χ0v) is 11.6. The summed E-state index contributed by atoms with van der Waals surface area (Å²) in [6.07, 6.45) is 1.41. The van der Waals surface area contributed by atoms with Crippen LogP contribution in [0, 0.1) is 0 Å². The summed E-state index contributed by atoms with van der Waals surface area (Å²) < 4.78 is 31.3. The number of carbonyl (C=O) groups is 1. The Morgan fingerprint density at radius 1 is 1.37 bits per heavy atom. The quantitative estimate of drug-likeness (QED) is 0.427. The molecule has 0 bridgehead atoms. The van der Waals surface area contributed by atoms with E-state index >= 15 is 0 Å². The van der Waals surface area contributed by atoms with Gasteiger partial charge in [0, 0.05) is 0 Å². The fraction of sp³-hybridized carbons (Fsp3) is 0. The van der Waals surface area contributed by atoms with Gasteiger partial charge < -0.3 is 10.4 Å². The summed E-state index contributed by atoms with van der Waals surface area (Å²) in [6, 6.07) is 3.59. The van der Waals surface area contributed by atoms with Crippen molar-refractivity contribution >= 4 is 50.4 Å². The number of benzene rings is 1. The van der Waals surface area contributed by atoms with Gasteiger partial charge in [-0.25, -0.2) is 0 Å². The van der Waals surface area contributed by atoms with Crippen molar-refractivity contribution in [3.8, 4) is 5.75 Å². The number of phenolic OH excluding ortho intramolecular Hbond substituents is 1. The maximum atomic E-state index is 11.4. The number of aromatic hydroxyl groups is 1. The molecule has 0 unspecified atom stereocenters. The molecule has 2 rings (SSSR count). The lowest BCUT2D eigenvalue weighted by Gasteiger charge is -2.02. The number of rotatable bonds is 2. The SMILES string of the molecule is O=C1NC(=S)SC1=Cc1ccc(O)c(S(=O)(=O)O)c1. The van der Waals surface area contributed by atoms with Crippen molar-refractivity contribution < 1.29 is 22.9 Å². The number of hydrogen-bond acceptors (Lipinski definition) is 6. The molecule has 1 aliphatic heterocycles. The van der Waals surface area contributed by atoms with Crippen LogP contribution in [0.3, 0.4) is 0 Å². The average Bonchev–Trinajstić information content (AvgIpc) is 2.58. The fourth-order valence-corrected chi connectivity index (χ4v) is 3.06. The highest BCUT2D eigenvalue weighted by Gasteiger charge is 2.22. The molecule has 1 heterocycles. The van der Waals surface area contributed by atoms with E-state index in [1.54, 1.807) is 0 Å². The molecule has 19 heavy (non-hydrogen) atoms. The zero-order chi connectivity index (χ0) is 14.2. The number of nitrogens with one attached hydrogen (secondary N) is 1. The Kier molecular flexibility index (Phi) is 3.63. The first-order valence-electron chi connectivity index (χ1n) is 4.83. The number of thiocarbonyl (C=S) groups is 1. The van der Waals surface area contributed by atoms with Crippen molar-refractivity contribution in [3.05, 3.63) is 28.7 Å². The number of thioether (sulfide) groups is 1. The second-order valence-electron chi connectivity index (χ2n) is 3.55. The molecule has 1 aromatic carbocycles. The lowest BCUT2D eigenvalue weighted by Crippen LogP contribution is -2.17. The summed E-state index contributed by atoms with van der Waals surface area (Å²) in [5, 5.41) is 11.8. The van der Waals surface area contributed by atoms with Crippen LogP contribution in [0.15, 0.2) is 28.0 Å². The zero-order valence-electron chi connectivity index (χ0n) is 9.15. The molecule has 3 N–H and O–H groups in total. The van der Waals surface area contributed by atoms with Crippen molar-refractivity contribution in [3.63, 3.8) is 0 Å². The topological polar surface area (TPSA) is 104 Å². The van der Waals surface area contributed by atoms with Crippen molar-refractivity contribution in [2.45, 2.75) is 4.90 Å². The third kappa shape index (κ3) is 3.13. The van der Waals surface area contributed by atoms with Crippen LogP contribution in [0.2, 0.25) is 0 Å². The highest BCUT2D eigenvalue weighted by atomic mass is 32.2. The van der Waals surface area contributed by atoms with Gasteiger partial charge in [0.1, 0.15) is 15.0 Å². The van der Waals surface area contributed by atoms with Gasteiger partial charge in [0.15, 0.2) is 0 Å². The van der Waals surface area contributed by atoms with Crippen LogP contribution in [0.1, 0.15) is 5.56 Å². The van der Waals surface area contributed by atoms with Crippen LogP contribution in [0.5, 0.6) is 5.75 Å². The van der Waals surface area contributed by atoms with Crippen molar-refractivity contribution in [1.29, 1.82) is 0 Å². The Morgan fingerprint density at radius 2 is 2.05 bits per heavy atom. The normalized spacial score (nSPS) is 17.8. The van der Waals surface area contributed by atoms with Gasteiger partial charge in [-0.2, -0.15) is 8.42 Å². The minimum atomic E-state index is -4.53. The second-order valence-corrected chi connectivity index (χ2v) is 6.66. The maximum absolute atomic E-state index is 11.4. The third-order valence-electron chi connectivity index (χ3n) is 2.20. The molecule has 9 heteroatoms. The van der Waals surface area contributed by atoms with E-state index in [2.05, 4.69) is 5.32 Å². The number of carbonyl (C=O) groups excluding carboxylic acids is 1. The van der Waals surface area contributed by atoms with E-state index < -0.39 is 20.8 Å².